The molecule has 3 N–H and O–H groups in total. The first kappa shape index (κ1) is 30.0. The van der Waals surface area contributed by atoms with Gasteiger partial charge in [-0.1, -0.05) is 67.2 Å². The number of fused-ring (bicyclic) bond motifs is 1. The number of nitrogens with zero attached hydrogens (tertiary/aromatic N) is 1. The molecule has 3 aromatic carbocycles. The van der Waals surface area contributed by atoms with Crippen molar-refractivity contribution in [1.82, 2.24) is 10.3 Å². The molecule has 4 aromatic rings. The molecular formula is C31H33N3O6S2. The summed E-state index contributed by atoms with van der Waals surface area (Å²) in [5.74, 6) is 0.200. The number of ether oxygens (including phenoxy) is 3. The lowest BCUT2D eigenvalue weighted by atomic mass is 9.91. The number of rotatable bonds is 10. The van der Waals surface area contributed by atoms with Gasteiger partial charge in [-0.3, -0.25) is 4.79 Å². The third-order valence-electron chi connectivity index (χ3n) is 6.88. The number of aliphatic hydroxyl groups is 1. The lowest BCUT2D eigenvalue weighted by Crippen LogP contribution is -2.38. The Morgan fingerprint density at radius 1 is 1.05 bits per heavy atom. The predicted molar refractivity (Wildman–Crippen MR) is 163 cm³/mol. The third-order valence-corrected chi connectivity index (χ3v) is 9.15. The van der Waals surface area contributed by atoms with Crippen molar-refractivity contribution in [2.75, 3.05) is 24.2 Å². The minimum absolute atomic E-state index is 0.0260. The van der Waals surface area contributed by atoms with E-state index in [0.29, 0.717) is 11.4 Å². The summed E-state index contributed by atoms with van der Waals surface area (Å²) < 4.78 is 20.1. The van der Waals surface area contributed by atoms with Gasteiger partial charge in [-0.15, -0.1) is 11.3 Å². The van der Waals surface area contributed by atoms with E-state index in [0.717, 1.165) is 31.2 Å². The average Bonchev–Trinajstić information content (AvgIpc) is 3.43. The second-order valence-corrected chi connectivity index (χ2v) is 12.1. The highest BCUT2D eigenvalue weighted by molar-refractivity contribution is 8.01. The molecule has 0 radical (unpaired) electrons. The number of benzene rings is 3. The largest absolute Gasteiger partial charge is 0.465 e. The number of urea groups is 1. The lowest BCUT2D eigenvalue weighted by Gasteiger charge is -2.41. The number of para-hydroxylation sites is 1. The van der Waals surface area contributed by atoms with Gasteiger partial charge in [0.25, 0.3) is 0 Å². The van der Waals surface area contributed by atoms with Crippen LogP contribution in [0.3, 0.4) is 0 Å². The number of carbonyl (C=O) groups is 2. The first-order valence-electron chi connectivity index (χ1n) is 13.7. The molecule has 220 valence electrons. The minimum Gasteiger partial charge on any atom is -0.465 e. The molecule has 0 spiro atoms. The summed E-state index contributed by atoms with van der Waals surface area (Å²) in [7, 11) is 0. The number of carbonyl (C=O) groups excluding carboxylic acids is 2. The Morgan fingerprint density at radius 2 is 1.86 bits per heavy atom. The first-order valence-corrected chi connectivity index (χ1v) is 15.5. The van der Waals surface area contributed by atoms with Crippen molar-refractivity contribution in [2.45, 2.75) is 43.3 Å². The van der Waals surface area contributed by atoms with Gasteiger partial charge < -0.3 is 30.0 Å². The number of thiazole rings is 1. The molecule has 2 heterocycles. The lowest BCUT2D eigenvalue weighted by molar-refractivity contribution is -0.268. The van der Waals surface area contributed by atoms with Gasteiger partial charge in [0.1, 0.15) is 6.54 Å². The van der Waals surface area contributed by atoms with Crippen LogP contribution in [0.2, 0.25) is 0 Å². The fourth-order valence-electron chi connectivity index (χ4n) is 4.68. The zero-order valence-electron chi connectivity index (χ0n) is 23.3. The van der Waals surface area contributed by atoms with Gasteiger partial charge in [0.15, 0.2) is 10.6 Å². The molecule has 4 atom stereocenters. The monoisotopic (exact) mass is 607 g/mol. The number of aliphatic hydroxyl groups excluding tert-OH is 1. The van der Waals surface area contributed by atoms with E-state index in [1.807, 2.05) is 54.6 Å². The first-order chi connectivity index (χ1) is 20.4. The van der Waals surface area contributed by atoms with Crippen molar-refractivity contribution in [3.05, 3.63) is 89.5 Å². The topological polar surface area (TPSA) is 119 Å². The van der Waals surface area contributed by atoms with Crippen molar-refractivity contribution in [3.63, 3.8) is 0 Å². The van der Waals surface area contributed by atoms with Gasteiger partial charge in [-0.2, -0.15) is 0 Å². The molecule has 0 aliphatic carbocycles. The molecule has 1 aromatic heterocycles. The fraction of sp³-hybridized carbons (Fsp3) is 0.323. The molecule has 1 saturated heterocycles. The molecular weight excluding hydrogens is 574 g/mol. The maximum atomic E-state index is 12.4. The van der Waals surface area contributed by atoms with Crippen LogP contribution in [-0.4, -0.2) is 47.1 Å². The van der Waals surface area contributed by atoms with Crippen LogP contribution in [0.1, 0.15) is 42.9 Å². The highest BCUT2D eigenvalue weighted by atomic mass is 32.2. The zero-order valence-corrected chi connectivity index (χ0v) is 25.0. The summed E-state index contributed by atoms with van der Waals surface area (Å²) in [4.78, 5) is 28.7. The van der Waals surface area contributed by atoms with Crippen molar-refractivity contribution >= 4 is 51.0 Å². The second-order valence-electron chi connectivity index (χ2n) is 9.82. The highest BCUT2D eigenvalue weighted by Crippen LogP contribution is 2.43. The second kappa shape index (κ2) is 14.1. The van der Waals surface area contributed by atoms with E-state index in [1.54, 1.807) is 42.2 Å². The van der Waals surface area contributed by atoms with Gasteiger partial charge >= 0.3 is 12.0 Å². The Balaban J connectivity index is 1.33. The number of nitrogens with one attached hydrogen (secondary N) is 2. The van der Waals surface area contributed by atoms with Crippen LogP contribution in [-0.2, 0) is 25.6 Å². The van der Waals surface area contributed by atoms with Gasteiger partial charge in [-0.25, -0.2) is 9.78 Å². The van der Waals surface area contributed by atoms with E-state index in [-0.39, 0.29) is 37.9 Å². The number of amides is 2. The highest BCUT2D eigenvalue weighted by Gasteiger charge is 2.38. The number of esters is 1. The minimum atomic E-state index is -0.686. The average molecular weight is 608 g/mol. The molecule has 2 amide bonds. The van der Waals surface area contributed by atoms with Crippen molar-refractivity contribution < 1.29 is 28.9 Å². The molecule has 0 bridgehead atoms. The molecule has 0 saturated carbocycles. The van der Waals surface area contributed by atoms with Crippen molar-refractivity contribution in [2.24, 2.45) is 5.92 Å². The molecule has 1 fully saturated rings. The molecule has 5 rings (SSSR count). The molecule has 4 unspecified atom stereocenters. The summed E-state index contributed by atoms with van der Waals surface area (Å²) in [6.07, 6.45) is -1.11. The van der Waals surface area contributed by atoms with Crippen LogP contribution in [0.5, 0.6) is 0 Å². The van der Waals surface area contributed by atoms with Crippen LogP contribution in [0, 0.1) is 5.92 Å². The summed E-state index contributed by atoms with van der Waals surface area (Å²) >= 11 is 3.34. The summed E-state index contributed by atoms with van der Waals surface area (Å²) in [6.45, 7) is 3.82. The fourth-order valence-corrected chi connectivity index (χ4v) is 6.94. The van der Waals surface area contributed by atoms with Gasteiger partial charge in [0.05, 0.1) is 35.6 Å². The molecule has 1 aliphatic rings. The van der Waals surface area contributed by atoms with Crippen LogP contribution in [0.25, 0.3) is 10.2 Å². The van der Waals surface area contributed by atoms with Crippen LogP contribution in [0.15, 0.2) is 77.1 Å². The molecule has 9 nitrogen and oxygen atoms in total. The maximum absolute atomic E-state index is 12.4. The van der Waals surface area contributed by atoms with Crippen LogP contribution in [0.4, 0.5) is 10.5 Å². The van der Waals surface area contributed by atoms with Crippen molar-refractivity contribution in [3.8, 4) is 0 Å². The standard InChI is InChI=1S/C31H33N3O6S2/c1-3-38-27(36)16-32-30(37)33-23-8-6-7-22(15-23)29-39-25(18-41-31-34-24-9-4-5-10-26(24)42-31)19(2)28(40-29)21-13-11-20(17-35)12-14-21/h4-15,19,25,28-29,35H,3,16-18H2,1-2H3,(H2,32,33,37). The van der Waals surface area contributed by atoms with Crippen molar-refractivity contribution in [1.29, 1.82) is 0 Å². The van der Waals surface area contributed by atoms with E-state index in [9.17, 15) is 14.7 Å². The number of hydrogen-bond acceptors (Lipinski definition) is 9. The Bertz CT molecular complexity index is 1480. The number of aromatic nitrogens is 1. The van der Waals surface area contributed by atoms with Gasteiger partial charge in [0, 0.05) is 22.9 Å². The number of anilines is 1. The number of hydrogen-bond donors (Lipinski definition) is 3. The van der Waals surface area contributed by atoms with Gasteiger partial charge in [-0.05, 0) is 42.3 Å². The van der Waals surface area contributed by atoms with E-state index < -0.39 is 18.3 Å². The molecule has 11 heteroatoms. The Morgan fingerprint density at radius 3 is 2.62 bits per heavy atom. The summed E-state index contributed by atoms with van der Waals surface area (Å²) in [5.41, 5.74) is 4.09. The van der Waals surface area contributed by atoms with Gasteiger partial charge in [0.2, 0.25) is 0 Å². The SMILES string of the molecule is CCOC(=O)CNC(=O)Nc1cccc(C2OC(CSc3nc4ccccc4s3)C(C)C(c3ccc(CO)cc3)O2)c1. The summed E-state index contributed by atoms with van der Waals surface area (Å²) in [5, 5.41) is 14.8. The Hall–Kier alpha value is -3.48. The third kappa shape index (κ3) is 7.47. The van der Waals surface area contributed by atoms with Crippen LogP contribution >= 0.6 is 23.1 Å². The maximum Gasteiger partial charge on any atom is 0.325 e. The zero-order chi connectivity index (χ0) is 29.5. The van der Waals surface area contributed by atoms with E-state index in [4.69, 9.17) is 19.2 Å². The van der Waals surface area contributed by atoms with E-state index in [1.165, 1.54) is 0 Å². The smallest absolute Gasteiger partial charge is 0.325 e. The Kier molecular flexibility index (Phi) is 10.1. The Labute approximate surface area is 252 Å². The summed E-state index contributed by atoms with van der Waals surface area (Å²) in [6, 6.07) is 22.6. The van der Waals surface area contributed by atoms with Crippen LogP contribution < -0.4 is 10.6 Å². The quantitative estimate of drug-likeness (QED) is 0.147. The number of thioether (sulfide) groups is 1. The van der Waals surface area contributed by atoms with E-state index >= 15 is 0 Å². The van der Waals surface area contributed by atoms with E-state index in [2.05, 4.69) is 23.6 Å². The normalized spacial score (nSPS) is 20.3. The molecule has 1 aliphatic heterocycles. The molecule has 42 heavy (non-hydrogen) atoms. The predicted octanol–water partition coefficient (Wildman–Crippen LogP) is 6.06.